The lowest BCUT2D eigenvalue weighted by Crippen LogP contribution is -2.44. The van der Waals surface area contributed by atoms with Gasteiger partial charge in [-0.3, -0.25) is 9.80 Å². The molecule has 23 heavy (non-hydrogen) atoms. The summed E-state index contributed by atoms with van der Waals surface area (Å²) in [4.78, 5) is 16.8. The molecule has 6 nitrogen and oxygen atoms in total. The zero-order valence-electron chi connectivity index (χ0n) is 15.0. The van der Waals surface area contributed by atoms with Gasteiger partial charge < -0.3 is 15.8 Å². The molecule has 2 atom stereocenters. The third-order valence-electron chi connectivity index (χ3n) is 4.79. The molecule has 0 aliphatic carbocycles. The highest BCUT2D eigenvalue weighted by Crippen LogP contribution is 2.22. The number of rotatable bonds is 6. The van der Waals surface area contributed by atoms with Crippen molar-refractivity contribution in [3.8, 4) is 0 Å². The predicted octanol–water partition coefficient (Wildman–Crippen LogP) is 1.40. The number of nitrogens with zero attached hydrogens (tertiary/aromatic N) is 2. The summed E-state index contributed by atoms with van der Waals surface area (Å²) in [6.07, 6.45) is 4.47. The van der Waals surface area contributed by atoms with Crippen LogP contribution in [-0.4, -0.2) is 72.8 Å². The molecule has 0 spiro atoms. The average molecular weight is 326 g/mol. The number of nitrogens with two attached hydrogens (primary N) is 1. The molecule has 2 aliphatic heterocycles. The van der Waals surface area contributed by atoms with Gasteiger partial charge in [-0.25, -0.2) is 4.79 Å². The average Bonchev–Trinajstić information content (AvgIpc) is 3.11. The van der Waals surface area contributed by atoms with E-state index in [-0.39, 0.29) is 6.09 Å². The van der Waals surface area contributed by atoms with Crippen LogP contribution in [0.5, 0.6) is 0 Å². The van der Waals surface area contributed by atoms with Crippen molar-refractivity contribution in [1.29, 1.82) is 0 Å². The molecule has 0 saturated carbocycles. The second kappa shape index (κ2) is 8.31. The number of likely N-dealkylation sites (tertiary alicyclic amines) is 2. The van der Waals surface area contributed by atoms with E-state index in [0.717, 1.165) is 19.5 Å². The molecule has 2 saturated heterocycles. The van der Waals surface area contributed by atoms with Crippen molar-refractivity contribution in [2.24, 2.45) is 5.73 Å². The van der Waals surface area contributed by atoms with Gasteiger partial charge in [0.1, 0.15) is 5.60 Å². The largest absolute Gasteiger partial charge is 0.444 e. The Hall–Kier alpha value is -0.850. The van der Waals surface area contributed by atoms with Crippen LogP contribution >= 0.6 is 0 Å². The van der Waals surface area contributed by atoms with Gasteiger partial charge in [-0.2, -0.15) is 0 Å². The zero-order chi connectivity index (χ0) is 16.9. The Balaban J connectivity index is 1.70. The van der Waals surface area contributed by atoms with Crippen LogP contribution in [0.2, 0.25) is 0 Å². The van der Waals surface area contributed by atoms with Crippen molar-refractivity contribution in [1.82, 2.24) is 15.1 Å². The molecule has 0 aromatic rings. The van der Waals surface area contributed by atoms with Crippen LogP contribution in [0.15, 0.2) is 0 Å². The van der Waals surface area contributed by atoms with E-state index in [1.807, 2.05) is 20.8 Å². The number of hydrogen-bond donors (Lipinski definition) is 2. The molecular formula is C17H34N4O2. The van der Waals surface area contributed by atoms with Gasteiger partial charge in [0.2, 0.25) is 0 Å². The normalized spacial score (nSPS) is 24.8. The van der Waals surface area contributed by atoms with E-state index in [0.29, 0.717) is 25.2 Å². The summed E-state index contributed by atoms with van der Waals surface area (Å²) in [5.74, 6) is 0. The highest BCUT2D eigenvalue weighted by molar-refractivity contribution is 5.67. The molecule has 134 valence electrons. The molecule has 2 rings (SSSR count). The number of ether oxygens (including phenoxy) is 1. The van der Waals surface area contributed by atoms with Crippen molar-refractivity contribution < 1.29 is 9.53 Å². The maximum absolute atomic E-state index is 11.7. The minimum atomic E-state index is -0.449. The highest BCUT2D eigenvalue weighted by atomic mass is 16.6. The molecule has 1 amide bonds. The van der Waals surface area contributed by atoms with Crippen molar-refractivity contribution in [2.75, 3.05) is 39.3 Å². The Morgan fingerprint density at radius 1 is 1.30 bits per heavy atom. The number of alkyl carbamates (subject to hydrolysis) is 1. The minimum absolute atomic E-state index is 0.343. The first-order valence-corrected chi connectivity index (χ1v) is 9.04. The Bertz CT molecular complexity index is 377. The van der Waals surface area contributed by atoms with Gasteiger partial charge in [0.05, 0.1) is 0 Å². The summed E-state index contributed by atoms with van der Waals surface area (Å²) in [6, 6.07) is 1.04. The van der Waals surface area contributed by atoms with Gasteiger partial charge in [-0.15, -0.1) is 0 Å². The first kappa shape index (κ1) is 18.5. The molecule has 2 heterocycles. The lowest BCUT2D eigenvalue weighted by Gasteiger charge is -2.29. The van der Waals surface area contributed by atoms with E-state index in [4.69, 9.17) is 10.5 Å². The molecule has 2 fully saturated rings. The lowest BCUT2D eigenvalue weighted by molar-refractivity contribution is 0.0522. The van der Waals surface area contributed by atoms with Gasteiger partial charge in [0.15, 0.2) is 0 Å². The summed E-state index contributed by atoms with van der Waals surface area (Å²) < 4.78 is 5.26. The molecular weight excluding hydrogens is 292 g/mol. The number of amides is 1. The monoisotopic (exact) mass is 326 g/mol. The first-order valence-electron chi connectivity index (χ1n) is 9.04. The van der Waals surface area contributed by atoms with Gasteiger partial charge in [-0.05, 0) is 59.5 Å². The predicted molar refractivity (Wildman–Crippen MR) is 92.5 cm³/mol. The van der Waals surface area contributed by atoms with E-state index < -0.39 is 5.60 Å². The van der Waals surface area contributed by atoms with E-state index in [1.54, 1.807) is 0 Å². The Labute approximate surface area is 140 Å². The van der Waals surface area contributed by atoms with Crippen molar-refractivity contribution in [2.45, 2.75) is 64.1 Å². The van der Waals surface area contributed by atoms with Crippen LogP contribution in [0.3, 0.4) is 0 Å². The quantitative estimate of drug-likeness (QED) is 0.772. The number of hydrogen-bond acceptors (Lipinski definition) is 5. The number of carbonyl (C=O) groups excluding carboxylic acids is 1. The van der Waals surface area contributed by atoms with E-state index in [1.165, 1.54) is 32.4 Å². The fraction of sp³-hybridized carbons (Fsp3) is 0.941. The molecule has 2 unspecified atom stereocenters. The zero-order valence-corrected chi connectivity index (χ0v) is 15.0. The molecule has 0 radical (unpaired) electrons. The van der Waals surface area contributed by atoms with Crippen molar-refractivity contribution in [3.63, 3.8) is 0 Å². The van der Waals surface area contributed by atoms with Crippen LogP contribution in [-0.2, 0) is 4.74 Å². The number of carbonyl (C=O) groups is 1. The van der Waals surface area contributed by atoms with E-state index in [9.17, 15) is 4.79 Å². The third-order valence-corrected chi connectivity index (χ3v) is 4.79. The lowest BCUT2D eigenvalue weighted by atomic mass is 10.2. The van der Waals surface area contributed by atoms with Gasteiger partial charge in [-0.1, -0.05) is 0 Å². The summed E-state index contributed by atoms with van der Waals surface area (Å²) in [5, 5.41) is 2.84. The molecule has 2 aliphatic rings. The van der Waals surface area contributed by atoms with Crippen molar-refractivity contribution in [3.05, 3.63) is 0 Å². The molecule has 0 aromatic carbocycles. The van der Waals surface area contributed by atoms with Crippen molar-refractivity contribution >= 4 is 6.09 Å². The van der Waals surface area contributed by atoms with Crippen LogP contribution in [0.25, 0.3) is 0 Å². The van der Waals surface area contributed by atoms with Crippen LogP contribution in [0, 0.1) is 0 Å². The number of nitrogens with one attached hydrogen (secondary N) is 1. The van der Waals surface area contributed by atoms with Gasteiger partial charge >= 0.3 is 6.09 Å². The first-order chi connectivity index (χ1) is 10.9. The third kappa shape index (κ3) is 5.94. The van der Waals surface area contributed by atoms with E-state index >= 15 is 0 Å². The highest BCUT2D eigenvalue weighted by Gasteiger charge is 2.32. The standard InChI is InChI=1S/C17H34N4O2/c1-17(2,3)23-16(22)19-8-6-14(12-18)21-11-7-15(13-21)20-9-4-5-10-20/h14-15H,4-13,18H2,1-3H3,(H,19,22). The summed E-state index contributed by atoms with van der Waals surface area (Å²) in [6.45, 7) is 11.6. The maximum atomic E-state index is 11.7. The summed E-state index contributed by atoms with van der Waals surface area (Å²) in [5.41, 5.74) is 5.52. The molecule has 0 aromatic heterocycles. The second-order valence-corrected chi connectivity index (χ2v) is 7.79. The summed E-state index contributed by atoms with van der Waals surface area (Å²) in [7, 11) is 0. The van der Waals surface area contributed by atoms with Crippen LogP contribution in [0.4, 0.5) is 4.79 Å². The summed E-state index contributed by atoms with van der Waals surface area (Å²) >= 11 is 0. The van der Waals surface area contributed by atoms with Crippen LogP contribution in [0.1, 0.15) is 46.5 Å². The maximum Gasteiger partial charge on any atom is 0.407 e. The van der Waals surface area contributed by atoms with E-state index in [2.05, 4.69) is 15.1 Å². The fourth-order valence-electron chi connectivity index (χ4n) is 3.61. The Morgan fingerprint density at radius 3 is 2.61 bits per heavy atom. The fourth-order valence-corrected chi connectivity index (χ4v) is 3.61. The SMILES string of the molecule is CC(C)(C)OC(=O)NCCC(CN)N1CCC(N2CCCC2)C1. The Kier molecular flexibility index (Phi) is 6.68. The van der Waals surface area contributed by atoms with Gasteiger partial charge in [0, 0.05) is 38.3 Å². The minimum Gasteiger partial charge on any atom is -0.444 e. The van der Waals surface area contributed by atoms with Crippen LogP contribution < -0.4 is 11.1 Å². The second-order valence-electron chi connectivity index (χ2n) is 7.79. The molecule has 3 N–H and O–H groups in total. The van der Waals surface area contributed by atoms with Gasteiger partial charge in [0.25, 0.3) is 0 Å². The Morgan fingerprint density at radius 2 is 2.00 bits per heavy atom. The molecule has 0 bridgehead atoms. The smallest absolute Gasteiger partial charge is 0.407 e. The molecule has 6 heteroatoms. The topological polar surface area (TPSA) is 70.8 Å².